The molecule has 0 fully saturated rings. The Morgan fingerprint density at radius 3 is 2.44 bits per heavy atom. The number of hydrogen-bond donors (Lipinski definition) is 0. The second-order valence-electron chi connectivity index (χ2n) is 5.72. The third-order valence-electron chi connectivity index (χ3n) is 4.23. The van der Waals surface area contributed by atoms with Gasteiger partial charge in [0, 0.05) is 10.7 Å². The van der Waals surface area contributed by atoms with Crippen molar-refractivity contribution >= 4 is 28.3 Å². The smallest absolute Gasteiger partial charge is 0.168 e. The quantitative estimate of drug-likeness (QED) is 0.477. The molecule has 5 rings (SSSR count). The monoisotopic (exact) mass is 345 g/mol. The summed E-state index contributed by atoms with van der Waals surface area (Å²) >= 11 is 6.06. The van der Waals surface area contributed by atoms with Crippen LogP contribution in [0.5, 0.6) is 0 Å². The molecule has 3 aromatic heterocycles. The second kappa shape index (κ2) is 5.43. The summed E-state index contributed by atoms with van der Waals surface area (Å²) in [6, 6.07) is 20.1. The molecule has 120 valence electrons. The van der Waals surface area contributed by atoms with Crippen molar-refractivity contribution in [3.05, 3.63) is 78.3 Å². The molecule has 25 heavy (non-hydrogen) atoms. The van der Waals surface area contributed by atoms with Crippen LogP contribution in [-0.4, -0.2) is 24.1 Å². The first kappa shape index (κ1) is 14.2. The predicted octanol–water partition coefficient (Wildman–Crippen LogP) is 4.39. The van der Waals surface area contributed by atoms with E-state index in [0.29, 0.717) is 5.02 Å². The molecule has 6 heteroatoms. The highest BCUT2D eigenvalue weighted by Gasteiger charge is 2.16. The highest BCUT2D eigenvalue weighted by Crippen LogP contribution is 2.32. The Morgan fingerprint density at radius 2 is 1.64 bits per heavy atom. The van der Waals surface area contributed by atoms with E-state index in [0.717, 1.165) is 33.6 Å². The zero-order chi connectivity index (χ0) is 16.8. The van der Waals surface area contributed by atoms with Crippen LogP contribution in [0.15, 0.2) is 73.3 Å². The van der Waals surface area contributed by atoms with Crippen LogP contribution >= 0.6 is 11.6 Å². The maximum Gasteiger partial charge on any atom is 0.168 e. The van der Waals surface area contributed by atoms with Gasteiger partial charge < -0.3 is 0 Å². The molecule has 0 aliphatic carbocycles. The number of aromatic nitrogens is 5. The van der Waals surface area contributed by atoms with Gasteiger partial charge in [0.15, 0.2) is 11.3 Å². The lowest BCUT2D eigenvalue weighted by Gasteiger charge is -2.10. The lowest BCUT2D eigenvalue weighted by Crippen LogP contribution is -1.99. The molecule has 5 nitrogen and oxygen atoms in total. The van der Waals surface area contributed by atoms with E-state index in [1.807, 2.05) is 42.5 Å². The van der Waals surface area contributed by atoms with Gasteiger partial charge in [0.25, 0.3) is 0 Å². The third kappa shape index (κ3) is 2.21. The van der Waals surface area contributed by atoms with E-state index >= 15 is 0 Å². The van der Waals surface area contributed by atoms with Crippen molar-refractivity contribution in [2.24, 2.45) is 0 Å². The fraction of sp³-hybridized carbons (Fsp3) is 0. The van der Waals surface area contributed by atoms with Gasteiger partial charge in [0.05, 0.1) is 11.1 Å². The van der Waals surface area contributed by atoms with Crippen LogP contribution in [0.3, 0.4) is 0 Å². The predicted molar refractivity (Wildman–Crippen MR) is 98.1 cm³/mol. The van der Waals surface area contributed by atoms with E-state index < -0.39 is 0 Å². The molecule has 2 aromatic carbocycles. The van der Waals surface area contributed by atoms with Crippen molar-refractivity contribution in [3.8, 4) is 16.9 Å². The van der Waals surface area contributed by atoms with Crippen molar-refractivity contribution in [1.29, 1.82) is 0 Å². The van der Waals surface area contributed by atoms with Gasteiger partial charge in [-0.15, -0.1) is 0 Å². The third-order valence-corrected chi connectivity index (χ3v) is 4.48. The lowest BCUT2D eigenvalue weighted by molar-refractivity contribution is 0.927. The molecule has 0 aliphatic rings. The van der Waals surface area contributed by atoms with Crippen molar-refractivity contribution in [2.75, 3.05) is 0 Å². The zero-order valence-corrected chi connectivity index (χ0v) is 13.8. The largest absolute Gasteiger partial charge is 0.294 e. The molecule has 0 N–H and O–H groups in total. The summed E-state index contributed by atoms with van der Waals surface area (Å²) in [5, 5.41) is 5.85. The number of halogens is 1. The molecule has 0 spiro atoms. The minimum absolute atomic E-state index is 0.712. The molecule has 0 atom stereocenters. The van der Waals surface area contributed by atoms with E-state index in [-0.39, 0.29) is 0 Å². The van der Waals surface area contributed by atoms with Gasteiger partial charge in [-0.1, -0.05) is 41.9 Å². The van der Waals surface area contributed by atoms with Crippen LogP contribution in [0.25, 0.3) is 33.6 Å². The standard InChI is InChI=1S/C19H12ClN5/c20-14-8-6-13(7-9-14)17-10-16-18-21-11-23-24(18)12-22-19(16)25(17)15-4-2-1-3-5-15/h1-12H. The van der Waals surface area contributed by atoms with Crippen molar-refractivity contribution in [3.63, 3.8) is 0 Å². The Bertz CT molecular complexity index is 1190. The molecule has 0 saturated heterocycles. The first-order valence-corrected chi connectivity index (χ1v) is 8.20. The summed E-state index contributed by atoms with van der Waals surface area (Å²) in [7, 11) is 0. The normalized spacial score (nSPS) is 11.4. The molecule has 0 bridgehead atoms. The van der Waals surface area contributed by atoms with E-state index in [9.17, 15) is 0 Å². The number of hydrogen-bond acceptors (Lipinski definition) is 3. The van der Waals surface area contributed by atoms with Crippen molar-refractivity contribution < 1.29 is 0 Å². The van der Waals surface area contributed by atoms with Gasteiger partial charge in [-0.3, -0.25) is 4.57 Å². The summed E-state index contributed by atoms with van der Waals surface area (Å²) in [5.74, 6) is 0. The summed E-state index contributed by atoms with van der Waals surface area (Å²) in [4.78, 5) is 9.00. The molecule has 5 aromatic rings. The van der Waals surface area contributed by atoms with E-state index in [1.165, 1.54) is 6.33 Å². The highest BCUT2D eigenvalue weighted by atomic mass is 35.5. The Hall–Kier alpha value is -3.18. The molecule has 0 radical (unpaired) electrons. The van der Waals surface area contributed by atoms with Crippen LogP contribution in [-0.2, 0) is 0 Å². The second-order valence-corrected chi connectivity index (χ2v) is 6.15. The molecule has 0 saturated carbocycles. The number of para-hydroxylation sites is 1. The zero-order valence-electron chi connectivity index (χ0n) is 13.0. The minimum atomic E-state index is 0.712. The Labute approximate surface area is 148 Å². The maximum absolute atomic E-state index is 6.06. The number of fused-ring (bicyclic) bond motifs is 3. The van der Waals surface area contributed by atoms with Gasteiger partial charge in [-0.05, 0) is 35.9 Å². The van der Waals surface area contributed by atoms with Crippen LogP contribution in [0.4, 0.5) is 0 Å². The van der Waals surface area contributed by atoms with Crippen LogP contribution in [0.2, 0.25) is 5.02 Å². The minimum Gasteiger partial charge on any atom is -0.294 e. The first-order chi connectivity index (χ1) is 12.3. The van der Waals surface area contributed by atoms with Crippen LogP contribution in [0.1, 0.15) is 0 Å². The molecule has 3 heterocycles. The Morgan fingerprint density at radius 1 is 0.840 bits per heavy atom. The van der Waals surface area contributed by atoms with E-state index in [4.69, 9.17) is 11.6 Å². The molecular weight excluding hydrogens is 334 g/mol. The highest BCUT2D eigenvalue weighted by molar-refractivity contribution is 6.30. The summed E-state index contributed by atoms with van der Waals surface area (Å²) in [6.07, 6.45) is 3.23. The average molecular weight is 346 g/mol. The van der Waals surface area contributed by atoms with Crippen molar-refractivity contribution in [1.82, 2.24) is 24.1 Å². The Kier molecular flexibility index (Phi) is 3.08. The van der Waals surface area contributed by atoms with Gasteiger partial charge in [-0.25, -0.2) is 14.5 Å². The molecular formula is C19H12ClN5. The molecule has 0 amide bonds. The van der Waals surface area contributed by atoms with Crippen LogP contribution < -0.4 is 0 Å². The van der Waals surface area contributed by atoms with Gasteiger partial charge >= 0.3 is 0 Å². The number of rotatable bonds is 2. The van der Waals surface area contributed by atoms with Gasteiger partial charge in [0.1, 0.15) is 12.7 Å². The summed E-state index contributed by atoms with van der Waals surface area (Å²) < 4.78 is 3.82. The topological polar surface area (TPSA) is 48.0 Å². The van der Waals surface area contributed by atoms with Gasteiger partial charge in [-0.2, -0.15) is 5.10 Å². The average Bonchev–Trinajstić information content (AvgIpc) is 3.27. The maximum atomic E-state index is 6.06. The summed E-state index contributed by atoms with van der Waals surface area (Å²) in [6.45, 7) is 0. The van der Waals surface area contributed by atoms with E-state index in [2.05, 4.69) is 37.8 Å². The Balaban J connectivity index is 1.90. The fourth-order valence-electron chi connectivity index (χ4n) is 3.10. The first-order valence-electron chi connectivity index (χ1n) is 7.82. The molecule has 0 unspecified atom stereocenters. The molecule has 0 aliphatic heterocycles. The SMILES string of the molecule is Clc1ccc(-c2cc3c(ncn4ncnc34)n2-c2ccccc2)cc1. The number of benzene rings is 2. The van der Waals surface area contributed by atoms with Crippen LogP contribution in [0, 0.1) is 0 Å². The van der Waals surface area contributed by atoms with Crippen molar-refractivity contribution in [2.45, 2.75) is 0 Å². The fourth-order valence-corrected chi connectivity index (χ4v) is 3.23. The lowest BCUT2D eigenvalue weighted by atomic mass is 10.1. The van der Waals surface area contributed by atoms with Gasteiger partial charge in [0.2, 0.25) is 0 Å². The number of nitrogens with zero attached hydrogens (tertiary/aromatic N) is 5. The summed E-state index contributed by atoms with van der Waals surface area (Å²) in [5.41, 5.74) is 4.76. The van der Waals surface area contributed by atoms with E-state index in [1.54, 1.807) is 10.8 Å².